The number of para-hydroxylation sites is 1. The molecule has 190 valence electrons. The molecule has 1 aliphatic rings. The van der Waals surface area contributed by atoms with E-state index < -0.39 is 18.1 Å². The number of nitrogens with zero attached hydrogens (tertiary/aromatic N) is 1. The number of carbonyl (C=O) groups is 2. The summed E-state index contributed by atoms with van der Waals surface area (Å²) >= 11 is 0. The molecule has 0 saturated carbocycles. The molecule has 0 radical (unpaired) electrons. The summed E-state index contributed by atoms with van der Waals surface area (Å²) in [6, 6.07) is 22.6. The highest BCUT2D eigenvalue weighted by molar-refractivity contribution is 5.90. The molecule has 0 aliphatic carbocycles. The number of amides is 2. The van der Waals surface area contributed by atoms with E-state index in [2.05, 4.69) is 10.3 Å². The van der Waals surface area contributed by atoms with Crippen LogP contribution in [0.4, 0.5) is 4.39 Å². The summed E-state index contributed by atoms with van der Waals surface area (Å²) in [5, 5.41) is 15.2. The Balaban J connectivity index is 1.31. The molecule has 7 heteroatoms. The number of likely N-dealkylation sites (tertiary alicyclic amines) is 1. The van der Waals surface area contributed by atoms with Gasteiger partial charge in [0, 0.05) is 42.5 Å². The Morgan fingerprint density at radius 3 is 2.49 bits per heavy atom. The third kappa shape index (κ3) is 5.42. The second-order valence-corrected chi connectivity index (χ2v) is 9.53. The van der Waals surface area contributed by atoms with Crippen molar-refractivity contribution in [1.82, 2.24) is 15.2 Å². The van der Waals surface area contributed by atoms with Gasteiger partial charge in [0.15, 0.2) is 0 Å². The van der Waals surface area contributed by atoms with Gasteiger partial charge in [-0.1, -0.05) is 60.7 Å². The molecule has 0 bridgehead atoms. The number of halogens is 1. The molecule has 1 aromatic heterocycles. The van der Waals surface area contributed by atoms with E-state index >= 15 is 0 Å². The van der Waals surface area contributed by atoms with Crippen LogP contribution in [-0.4, -0.2) is 52.0 Å². The molecule has 3 N–H and O–H groups in total. The van der Waals surface area contributed by atoms with Crippen molar-refractivity contribution >= 4 is 22.7 Å². The molecule has 2 heterocycles. The molecule has 0 spiro atoms. The molecule has 6 nitrogen and oxygen atoms in total. The minimum atomic E-state index is -1.10. The molecule has 5 rings (SSSR count). The Kier molecular flexibility index (Phi) is 7.32. The first kappa shape index (κ1) is 24.7. The van der Waals surface area contributed by atoms with Gasteiger partial charge in [-0.15, -0.1) is 0 Å². The van der Waals surface area contributed by atoms with Gasteiger partial charge < -0.3 is 20.3 Å². The molecule has 1 saturated heterocycles. The molecule has 3 atom stereocenters. The van der Waals surface area contributed by atoms with Gasteiger partial charge in [0.2, 0.25) is 11.8 Å². The zero-order valence-corrected chi connectivity index (χ0v) is 20.4. The smallest absolute Gasteiger partial charge is 0.245 e. The minimum Gasteiger partial charge on any atom is -0.390 e. The molecular weight excluding hydrogens is 469 g/mol. The molecule has 37 heavy (non-hydrogen) atoms. The van der Waals surface area contributed by atoms with Crippen LogP contribution in [0.5, 0.6) is 0 Å². The van der Waals surface area contributed by atoms with Crippen molar-refractivity contribution in [2.75, 3.05) is 13.1 Å². The third-order valence-corrected chi connectivity index (χ3v) is 7.19. The van der Waals surface area contributed by atoms with Crippen molar-refractivity contribution in [2.45, 2.75) is 37.3 Å². The Bertz CT molecular complexity index is 1370. The minimum absolute atomic E-state index is 0.191. The maximum atomic E-state index is 13.5. The van der Waals surface area contributed by atoms with Crippen LogP contribution in [0.15, 0.2) is 85.1 Å². The number of rotatable bonds is 8. The van der Waals surface area contributed by atoms with Gasteiger partial charge in [0.25, 0.3) is 0 Å². The van der Waals surface area contributed by atoms with Gasteiger partial charge in [-0.25, -0.2) is 4.39 Å². The normalized spacial score (nSPS) is 19.3. The summed E-state index contributed by atoms with van der Waals surface area (Å²) < 4.78 is 13.5. The Morgan fingerprint density at radius 2 is 1.70 bits per heavy atom. The number of aromatic nitrogens is 1. The number of hydrogen-bond donors (Lipinski definition) is 3. The predicted octanol–water partition coefficient (Wildman–Crippen LogP) is 3.95. The lowest BCUT2D eigenvalue weighted by molar-refractivity contribution is -0.140. The van der Waals surface area contributed by atoms with Crippen LogP contribution < -0.4 is 5.32 Å². The van der Waals surface area contributed by atoms with E-state index in [1.54, 1.807) is 12.1 Å². The summed E-state index contributed by atoms with van der Waals surface area (Å²) in [5.41, 5.74) is 3.82. The molecule has 3 aromatic carbocycles. The van der Waals surface area contributed by atoms with E-state index in [0.717, 1.165) is 22.0 Å². The first-order chi connectivity index (χ1) is 18.0. The predicted molar refractivity (Wildman–Crippen MR) is 140 cm³/mol. The molecular formula is C30H30FN3O3. The second-order valence-electron chi connectivity index (χ2n) is 9.53. The monoisotopic (exact) mass is 499 g/mol. The summed E-state index contributed by atoms with van der Waals surface area (Å²) in [5.74, 6) is -1.44. The average Bonchev–Trinajstić information content (AvgIpc) is 3.49. The second kappa shape index (κ2) is 11.0. The first-order valence-corrected chi connectivity index (χ1v) is 12.6. The fourth-order valence-corrected chi connectivity index (χ4v) is 5.21. The lowest BCUT2D eigenvalue weighted by atomic mass is 9.93. The van der Waals surface area contributed by atoms with Crippen LogP contribution in [0.3, 0.4) is 0 Å². The van der Waals surface area contributed by atoms with Crippen LogP contribution in [0, 0.1) is 5.82 Å². The van der Waals surface area contributed by atoms with Crippen molar-refractivity contribution in [3.8, 4) is 0 Å². The topological polar surface area (TPSA) is 85.4 Å². The highest BCUT2D eigenvalue weighted by Gasteiger charge is 2.47. The standard InChI is InChI=1S/C30H30FN3O3/c31-23-13-10-21(11-14-23)25-19-34(27(35)15-12-22-18-33-26-9-5-4-8-24(22)26)28(29(25)36)30(37)32-17-16-20-6-2-1-3-7-20/h1-11,13-14,18,25,28-29,33,36H,12,15-17,19H2,(H,32,37)/t25-,28+,29-/m1/s1. The number of aliphatic hydroxyl groups is 1. The van der Waals surface area contributed by atoms with E-state index in [4.69, 9.17) is 0 Å². The Morgan fingerprint density at radius 1 is 0.973 bits per heavy atom. The SMILES string of the molecule is O=C(NCCc1ccccc1)[C@@H]1[C@H](O)[C@@H](c2ccc(F)cc2)CN1C(=O)CCc1c[nH]c2ccccc12. The van der Waals surface area contributed by atoms with Crippen molar-refractivity contribution in [1.29, 1.82) is 0 Å². The van der Waals surface area contributed by atoms with Crippen LogP contribution in [0.25, 0.3) is 10.9 Å². The summed E-state index contributed by atoms with van der Waals surface area (Å²) in [7, 11) is 0. The number of hydrogen-bond acceptors (Lipinski definition) is 3. The molecule has 1 fully saturated rings. The van der Waals surface area contributed by atoms with Crippen LogP contribution in [-0.2, 0) is 22.4 Å². The van der Waals surface area contributed by atoms with Crippen molar-refractivity contribution in [3.63, 3.8) is 0 Å². The molecule has 1 aliphatic heterocycles. The number of carbonyl (C=O) groups excluding carboxylic acids is 2. The van der Waals surface area contributed by atoms with E-state index in [-0.39, 0.29) is 30.6 Å². The van der Waals surface area contributed by atoms with E-state index in [1.165, 1.54) is 17.0 Å². The first-order valence-electron chi connectivity index (χ1n) is 12.6. The largest absolute Gasteiger partial charge is 0.390 e. The number of fused-ring (bicyclic) bond motifs is 1. The highest BCUT2D eigenvalue weighted by Crippen LogP contribution is 2.33. The third-order valence-electron chi connectivity index (χ3n) is 7.19. The number of aryl methyl sites for hydroxylation is 1. The number of nitrogens with one attached hydrogen (secondary N) is 2. The number of aliphatic hydroxyl groups excluding tert-OH is 1. The molecule has 4 aromatic rings. The number of benzene rings is 3. The zero-order valence-electron chi connectivity index (χ0n) is 20.4. The lowest BCUT2D eigenvalue weighted by Crippen LogP contribution is -2.50. The summed E-state index contributed by atoms with van der Waals surface area (Å²) in [6.07, 6.45) is 2.17. The van der Waals surface area contributed by atoms with Gasteiger partial charge in [0.05, 0.1) is 6.10 Å². The van der Waals surface area contributed by atoms with Crippen LogP contribution >= 0.6 is 0 Å². The van der Waals surface area contributed by atoms with E-state index in [9.17, 15) is 19.1 Å². The number of aromatic amines is 1. The molecule has 0 unspecified atom stereocenters. The lowest BCUT2D eigenvalue weighted by Gasteiger charge is -2.25. The Hall–Kier alpha value is -3.97. The summed E-state index contributed by atoms with van der Waals surface area (Å²) in [4.78, 5) is 31.4. The summed E-state index contributed by atoms with van der Waals surface area (Å²) in [6.45, 7) is 0.584. The quantitative estimate of drug-likeness (QED) is 0.343. The number of H-pyrrole nitrogens is 1. The van der Waals surface area contributed by atoms with Gasteiger partial charge in [-0.2, -0.15) is 0 Å². The average molecular weight is 500 g/mol. The van der Waals surface area contributed by atoms with Gasteiger partial charge in [-0.05, 0) is 47.7 Å². The van der Waals surface area contributed by atoms with Gasteiger partial charge in [0.1, 0.15) is 11.9 Å². The fourth-order valence-electron chi connectivity index (χ4n) is 5.21. The molecule has 2 amide bonds. The van der Waals surface area contributed by atoms with Crippen LogP contribution in [0.2, 0.25) is 0 Å². The highest BCUT2D eigenvalue weighted by atomic mass is 19.1. The maximum Gasteiger partial charge on any atom is 0.245 e. The van der Waals surface area contributed by atoms with Crippen LogP contribution in [0.1, 0.15) is 29.0 Å². The van der Waals surface area contributed by atoms with E-state index in [1.807, 2.05) is 60.8 Å². The van der Waals surface area contributed by atoms with Gasteiger partial charge >= 0.3 is 0 Å². The zero-order chi connectivity index (χ0) is 25.8. The van der Waals surface area contributed by atoms with Gasteiger partial charge in [-0.3, -0.25) is 9.59 Å². The van der Waals surface area contributed by atoms with Crippen molar-refractivity contribution in [3.05, 3.63) is 108 Å². The van der Waals surface area contributed by atoms with Crippen molar-refractivity contribution in [2.24, 2.45) is 0 Å². The van der Waals surface area contributed by atoms with Crippen molar-refractivity contribution < 1.29 is 19.1 Å². The fraction of sp³-hybridized carbons (Fsp3) is 0.267. The maximum absolute atomic E-state index is 13.5. The van der Waals surface area contributed by atoms with E-state index in [0.29, 0.717) is 24.9 Å². The Labute approximate surface area is 215 Å².